The molecule has 2 heterocycles. The second kappa shape index (κ2) is 6.60. The van der Waals surface area contributed by atoms with Crippen LogP contribution in [0.3, 0.4) is 0 Å². The summed E-state index contributed by atoms with van der Waals surface area (Å²) in [4.78, 5) is 24.9. The van der Waals surface area contributed by atoms with E-state index >= 15 is 0 Å². The summed E-state index contributed by atoms with van der Waals surface area (Å²) in [7, 11) is -4.07. The Bertz CT molecular complexity index is 1170. The molecule has 2 atom stereocenters. The first-order chi connectivity index (χ1) is 12.7. The van der Waals surface area contributed by atoms with Crippen molar-refractivity contribution in [3.63, 3.8) is 0 Å². The van der Waals surface area contributed by atoms with Crippen molar-refractivity contribution >= 4 is 20.9 Å². The maximum atomic E-state index is 12.8. The van der Waals surface area contributed by atoms with Crippen LogP contribution in [0.5, 0.6) is 0 Å². The topological polar surface area (TPSA) is 123 Å². The third kappa shape index (κ3) is 2.88. The smallest absolute Gasteiger partial charge is 0.331 e. The van der Waals surface area contributed by atoms with Crippen molar-refractivity contribution in [1.29, 1.82) is 5.26 Å². The second-order valence-electron chi connectivity index (χ2n) is 6.40. The molecule has 0 amide bonds. The fourth-order valence-corrected chi connectivity index (χ4v) is 4.52. The maximum absolute atomic E-state index is 12.8. The van der Waals surface area contributed by atoms with Gasteiger partial charge in [0, 0.05) is 13.1 Å². The van der Waals surface area contributed by atoms with Gasteiger partial charge in [0.25, 0.3) is 5.56 Å². The first-order valence-electron chi connectivity index (χ1n) is 8.55. The summed E-state index contributed by atoms with van der Waals surface area (Å²) in [6.45, 7) is 5.52. The molecular formula is C17H20N4O5S. The molecule has 1 aromatic heterocycles. The van der Waals surface area contributed by atoms with Crippen LogP contribution in [0.15, 0.2) is 32.7 Å². The summed E-state index contributed by atoms with van der Waals surface area (Å²) in [5.41, 5.74) is -1.95. The Hall–Kier alpha value is -2.48. The van der Waals surface area contributed by atoms with Gasteiger partial charge < -0.3 is 4.74 Å². The lowest BCUT2D eigenvalue weighted by Crippen LogP contribution is -2.66. The Morgan fingerprint density at radius 3 is 2.44 bits per heavy atom. The number of nitriles is 1. The average molecular weight is 392 g/mol. The van der Waals surface area contributed by atoms with Crippen molar-refractivity contribution in [2.45, 2.75) is 50.4 Å². The molecule has 10 heteroatoms. The normalized spacial score (nSPS) is 22.4. The van der Waals surface area contributed by atoms with E-state index in [2.05, 4.69) is 4.72 Å². The fraction of sp³-hybridized carbons (Fsp3) is 0.471. The summed E-state index contributed by atoms with van der Waals surface area (Å²) in [5.74, 6) is 0. The highest BCUT2D eigenvalue weighted by Gasteiger charge is 2.49. The lowest BCUT2D eigenvalue weighted by molar-refractivity contribution is -0.102. The van der Waals surface area contributed by atoms with Gasteiger partial charge in [-0.2, -0.15) is 9.98 Å². The molecule has 144 valence electrons. The largest absolute Gasteiger partial charge is 0.372 e. The molecule has 1 fully saturated rings. The van der Waals surface area contributed by atoms with Gasteiger partial charge >= 0.3 is 5.69 Å². The Labute approximate surface area is 155 Å². The molecule has 1 aliphatic rings. The average Bonchev–Trinajstić information content (AvgIpc) is 2.65. The highest BCUT2D eigenvalue weighted by Crippen LogP contribution is 2.27. The zero-order chi connectivity index (χ0) is 20.0. The zero-order valence-corrected chi connectivity index (χ0v) is 16.0. The standard InChI is InChI=1S/C17H20N4O5S/c1-4-20-14-7-6-12(8-13(14)15(22)21(5-2)16(20)23)27(24,25)19-17(9-18)10-26-11(17)3/h6-8,11,19H,4-5,10H2,1-3H3/t11-,17+/m0/s1. The molecule has 0 radical (unpaired) electrons. The molecule has 27 heavy (non-hydrogen) atoms. The Kier molecular flexibility index (Phi) is 4.71. The minimum Gasteiger partial charge on any atom is -0.372 e. The first-order valence-corrected chi connectivity index (χ1v) is 10.0. The van der Waals surface area contributed by atoms with E-state index in [1.54, 1.807) is 20.8 Å². The van der Waals surface area contributed by atoms with E-state index in [9.17, 15) is 23.3 Å². The second-order valence-corrected chi connectivity index (χ2v) is 8.08. The van der Waals surface area contributed by atoms with Crippen LogP contribution in [0, 0.1) is 11.3 Å². The van der Waals surface area contributed by atoms with Crippen LogP contribution in [0.1, 0.15) is 20.8 Å². The molecule has 1 aromatic carbocycles. The van der Waals surface area contributed by atoms with Gasteiger partial charge in [-0.15, -0.1) is 0 Å². The van der Waals surface area contributed by atoms with E-state index in [1.165, 1.54) is 22.8 Å². The van der Waals surface area contributed by atoms with Crippen LogP contribution < -0.4 is 16.0 Å². The first kappa shape index (κ1) is 19.3. The molecule has 2 aromatic rings. The summed E-state index contributed by atoms with van der Waals surface area (Å²) in [6, 6.07) is 5.96. The highest BCUT2D eigenvalue weighted by atomic mass is 32.2. The van der Waals surface area contributed by atoms with Gasteiger partial charge in [-0.3, -0.25) is 13.9 Å². The zero-order valence-electron chi connectivity index (χ0n) is 15.2. The number of rotatable bonds is 5. The van der Waals surface area contributed by atoms with E-state index < -0.39 is 32.9 Å². The number of aryl methyl sites for hydroxylation is 1. The van der Waals surface area contributed by atoms with Crippen LogP contribution in [-0.4, -0.2) is 35.8 Å². The van der Waals surface area contributed by atoms with Crippen LogP contribution in [0.2, 0.25) is 0 Å². The summed E-state index contributed by atoms with van der Waals surface area (Å²) in [5, 5.41) is 9.48. The lowest BCUT2D eigenvalue weighted by Gasteiger charge is -2.41. The van der Waals surface area contributed by atoms with Crippen molar-refractivity contribution in [2.24, 2.45) is 0 Å². The van der Waals surface area contributed by atoms with Gasteiger partial charge in [0.15, 0.2) is 5.54 Å². The van der Waals surface area contributed by atoms with Crippen LogP contribution in [-0.2, 0) is 27.8 Å². The maximum Gasteiger partial charge on any atom is 0.331 e. The SMILES string of the molecule is CCn1c(=O)c2cc(S(=O)(=O)N[C@]3(C#N)CO[C@H]3C)ccc2n(CC)c1=O. The van der Waals surface area contributed by atoms with Crippen LogP contribution >= 0.6 is 0 Å². The number of aromatic nitrogens is 2. The highest BCUT2D eigenvalue weighted by molar-refractivity contribution is 7.89. The summed E-state index contributed by atoms with van der Waals surface area (Å²) in [6.07, 6.45) is -0.583. The molecule has 0 unspecified atom stereocenters. The third-order valence-corrected chi connectivity index (χ3v) is 6.42. The number of hydrogen-bond donors (Lipinski definition) is 1. The quantitative estimate of drug-likeness (QED) is 0.773. The Morgan fingerprint density at radius 2 is 1.96 bits per heavy atom. The summed E-state index contributed by atoms with van der Waals surface area (Å²) < 4.78 is 35.6. The Morgan fingerprint density at radius 1 is 1.30 bits per heavy atom. The molecule has 1 aliphatic heterocycles. The van der Waals surface area contributed by atoms with Crippen molar-refractivity contribution in [3.8, 4) is 6.07 Å². The molecular weight excluding hydrogens is 372 g/mol. The van der Waals surface area contributed by atoms with Crippen LogP contribution in [0.4, 0.5) is 0 Å². The molecule has 9 nitrogen and oxygen atoms in total. The number of benzene rings is 1. The fourth-order valence-electron chi connectivity index (χ4n) is 3.13. The molecule has 0 saturated carbocycles. The molecule has 0 aliphatic carbocycles. The number of ether oxygens (including phenoxy) is 1. The number of sulfonamides is 1. The van der Waals surface area contributed by atoms with E-state index in [1.807, 2.05) is 6.07 Å². The molecule has 3 rings (SSSR count). The van der Waals surface area contributed by atoms with E-state index in [0.717, 1.165) is 4.57 Å². The van der Waals surface area contributed by atoms with E-state index in [4.69, 9.17) is 4.74 Å². The van der Waals surface area contributed by atoms with Gasteiger partial charge in [0.05, 0.1) is 34.6 Å². The summed E-state index contributed by atoms with van der Waals surface area (Å²) >= 11 is 0. The minimum absolute atomic E-state index is 0.0461. The van der Waals surface area contributed by atoms with E-state index in [-0.39, 0.29) is 23.4 Å². The Balaban J connectivity index is 2.19. The van der Waals surface area contributed by atoms with Crippen LogP contribution in [0.25, 0.3) is 10.9 Å². The molecule has 1 saturated heterocycles. The predicted octanol–water partition coefficient (Wildman–Crippen LogP) is 0.162. The van der Waals surface area contributed by atoms with E-state index in [0.29, 0.717) is 12.1 Å². The number of nitrogens with one attached hydrogen (secondary N) is 1. The number of hydrogen-bond acceptors (Lipinski definition) is 6. The van der Waals surface area contributed by atoms with Gasteiger partial charge in [-0.25, -0.2) is 13.2 Å². The number of nitrogens with zero attached hydrogens (tertiary/aromatic N) is 3. The van der Waals surface area contributed by atoms with Crippen molar-refractivity contribution < 1.29 is 13.2 Å². The van der Waals surface area contributed by atoms with Gasteiger partial charge in [0.1, 0.15) is 0 Å². The third-order valence-electron chi connectivity index (χ3n) is 4.91. The van der Waals surface area contributed by atoms with Gasteiger partial charge in [0.2, 0.25) is 10.0 Å². The molecule has 0 bridgehead atoms. The van der Waals surface area contributed by atoms with Crippen molar-refractivity contribution in [2.75, 3.05) is 6.61 Å². The predicted molar refractivity (Wildman–Crippen MR) is 97.9 cm³/mol. The monoisotopic (exact) mass is 392 g/mol. The van der Waals surface area contributed by atoms with Crippen molar-refractivity contribution in [3.05, 3.63) is 39.0 Å². The van der Waals surface area contributed by atoms with Gasteiger partial charge in [-0.05, 0) is 39.0 Å². The molecule has 1 N–H and O–H groups in total. The lowest BCUT2D eigenvalue weighted by atomic mass is 9.92. The van der Waals surface area contributed by atoms with Crippen molar-refractivity contribution in [1.82, 2.24) is 13.9 Å². The minimum atomic E-state index is -4.07. The van der Waals surface area contributed by atoms with Gasteiger partial charge in [-0.1, -0.05) is 0 Å². The molecule has 0 spiro atoms. The number of fused-ring (bicyclic) bond motifs is 1.